The smallest absolute Gasteiger partial charge is 0.260 e. The number of nitrogens with two attached hydrogens (primary N) is 1. The lowest BCUT2D eigenvalue weighted by Crippen LogP contribution is -2.52. The summed E-state index contributed by atoms with van der Waals surface area (Å²) in [5.74, 6) is 0.138. The molecule has 0 bridgehead atoms. The van der Waals surface area contributed by atoms with Gasteiger partial charge in [0.15, 0.2) is 6.61 Å². The Morgan fingerprint density at radius 1 is 0.861 bits per heavy atom. The molecule has 36 heavy (non-hydrogen) atoms. The molecule has 0 unspecified atom stereocenters. The van der Waals surface area contributed by atoms with E-state index in [9.17, 15) is 14.4 Å². The molecule has 4 rings (SSSR count). The molecule has 3 aromatic rings. The monoisotopic (exact) mass is 488 g/mol. The van der Waals surface area contributed by atoms with Crippen LogP contribution in [0.3, 0.4) is 0 Å². The molecule has 0 radical (unpaired) electrons. The number of hydrogen-bond acceptors (Lipinski definition) is 5. The van der Waals surface area contributed by atoms with Gasteiger partial charge in [0.1, 0.15) is 5.75 Å². The summed E-state index contributed by atoms with van der Waals surface area (Å²) in [5.41, 5.74) is 6.31. The molecule has 3 aromatic carbocycles. The Labute approximate surface area is 211 Å². The first-order chi connectivity index (χ1) is 17.5. The summed E-state index contributed by atoms with van der Waals surface area (Å²) in [6.45, 7) is 3.19. The van der Waals surface area contributed by atoms with Crippen LogP contribution in [0.2, 0.25) is 0 Å². The average molecular weight is 489 g/mol. The Hall–Kier alpha value is -3.91. The van der Waals surface area contributed by atoms with Gasteiger partial charge >= 0.3 is 0 Å². The quantitative estimate of drug-likeness (QED) is 0.472. The van der Waals surface area contributed by atoms with E-state index in [4.69, 9.17) is 10.5 Å². The first-order valence-electron chi connectivity index (χ1n) is 12.2. The van der Waals surface area contributed by atoms with E-state index in [1.807, 2.05) is 77.7 Å². The van der Waals surface area contributed by atoms with Gasteiger partial charge in [-0.05, 0) is 17.0 Å². The fourth-order valence-electron chi connectivity index (χ4n) is 4.34. The molecule has 0 aromatic heterocycles. The van der Waals surface area contributed by atoms with E-state index in [-0.39, 0.29) is 37.9 Å². The number of ether oxygens (including phenoxy) is 1. The number of piperazine rings is 1. The minimum atomic E-state index is -0.432. The summed E-state index contributed by atoms with van der Waals surface area (Å²) in [7, 11) is 0. The van der Waals surface area contributed by atoms with Gasteiger partial charge in [-0.3, -0.25) is 19.3 Å². The van der Waals surface area contributed by atoms with Gasteiger partial charge in [0.25, 0.3) is 5.91 Å². The maximum Gasteiger partial charge on any atom is 0.260 e. The third-order valence-corrected chi connectivity index (χ3v) is 6.38. The molecule has 0 atom stereocenters. The van der Waals surface area contributed by atoms with Crippen molar-refractivity contribution in [2.75, 3.05) is 45.9 Å². The number of benzene rings is 3. The second-order valence-corrected chi connectivity index (χ2v) is 8.94. The van der Waals surface area contributed by atoms with Crippen molar-refractivity contribution in [3.05, 3.63) is 78.4 Å². The normalized spacial score (nSPS) is 13.9. The third kappa shape index (κ3) is 6.82. The topological polar surface area (TPSA) is 96.2 Å². The summed E-state index contributed by atoms with van der Waals surface area (Å²) in [4.78, 5) is 42.6. The molecule has 1 aliphatic rings. The van der Waals surface area contributed by atoms with E-state index in [0.29, 0.717) is 38.5 Å². The molecule has 1 aliphatic heterocycles. The first-order valence-corrected chi connectivity index (χ1v) is 12.2. The zero-order chi connectivity index (χ0) is 25.3. The van der Waals surface area contributed by atoms with E-state index < -0.39 is 5.91 Å². The van der Waals surface area contributed by atoms with Crippen LogP contribution in [0.5, 0.6) is 5.75 Å². The van der Waals surface area contributed by atoms with Crippen molar-refractivity contribution in [2.45, 2.75) is 13.0 Å². The van der Waals surface area contributed by atoms with Crippen LogP contribution in [-0.2, 0) is 20.9 Å². The summed E-state index contributed by atoms with van der Waals surface area (Å²) < 4.78 is 5.86. The maximum atomic E-state index is 13.0. The van der Waals surface area contributed by atoms with E-state index >= 15 is 0 Å². The Morgan fingerprint density at radius 3 is 2.31 bits per heavy atom. The number of carbonyl (C=O) groups is 3. The molecular weight excluding hydrogens is 456 g/mol. The van der Waals surface area contributed by atoms with Gasteiger partial charge in [-0.25, -0.2) is 0 Å². The van der Waals surface area contributed by atoms with Crippen molar-refractivity contribution in [2.24, 2.45) is 5.73 Å². The third-order valence-electron chi connectivity index (χ3n) is 6.38. The van der Waals surface area contributed by atoms with Crippen molar-refractivity contribution in [1.82, 2.24) is 14.7 Å². The molecule has 2 N–H and O–H groups in total. The number of nitrogens with zero attached hydrogens (tertiary/aromatic N) is 3. The number of primary amides is 1. The first kappa shape index (κ1) is 25.2. The van der Waals surface area contributed by atoms with Crippen molar-refractivity contribution < 1.29 is 19.1 Å². The average Bonchev–Trinajstić information content (AvgIpc) is 2.90. The SMILES string of the molecule is NC(=O)CCN(Cc1ccccc1)C(=O)CN1CCN(C(=O)COc2cccc3ccccc23)CC1. The van der Waals surface area contributed by atoms with Gasteiger partial charge in [-0.1, -0.05) is 66.7 Å². The molecule has 1 fully saturated rings. The fourth-order valence-corrected chi connectivity index (χ4v) is 4.34. The second kappa shape index (κ2) is 12.2. The van der Waals surface area contributed by atoms with Crippen LogP contribution in [0.25, 0.3) is 10.8 Å². The zero-order valence-corrected chi connectivity index (χ0v) is 20.3. The number of amides is 3. The number of hydrogen-bond donors (Lipinski definition) is 1. The summed E-state index contributed by atoms with van der Waals surface area (Å²) in [6, 6.07) is 23.4. The fraction of sp³-hybridized carbons (Fsp3) is 0.321. The minimum Gasteiger partial charge on any atom is -0.483 e. The van der Waals surface area contributed by atoms with E-state index in [2.05, 4.69) is 0 Å². The van der Waals surface area contributed by atoms with Crippen molar-refractivity contribution >= 4 is 28.5 Å². The highest BCUT2D eigenvalue weighted by Gasteiger charge is 2.25. The van der Waals surface area contributed by atoms with Crippen LogP contribution in [0.4, 0.5) is 0 Å². The molecule has 8 nitrogen and oxygen atoms in total. The lowest BCUT2D eigenvalue weighted by Gasteiger charge is -2.35. The van der Waals surface area contributed by atoms with E-state index in [1.54, 1.807) is 9.80 Å². The van der Waals surface area contributed by atoms with Crippen LogP contribution in [0.1, 0.15) is 12.0 Å². The van der Waals surface area contributed by atoms with Crippen LogP contribution in [0.15, 0.2) is 72.8 Å². The highest BCUT2D eigenvalue weighted by Crippen LogP contribution is 2.25. The predicted molar refractivity (Wildman–Crippen MR) is 138 cm³/mol. The maximum absolute atomic E-state index is 13.0. The summed E-state index contributed by atoms with van der Waals surface area (Å²) in [6.07, 6.45) is 0.123. The number of fused-ring (bicyclic) bond motifs is 1. The molecule has 0 spiro atoms. The molecule has 0 saturated carbocycles. The number of carbonyl (C=O) groups excluding carboxylic acids is 3. The predicted octanol–water partition coefficient (Wildman–Crippen LogP) is 2.27. The summed E-state index contributed by atoms with van der Waals surface area (Å²) in [5, 5.41) is 2.05. The van der Waals surface area contributed by atoms with Crippen LogP contribution >= 0.6 is 0 Å². The van der Waals surface area contributed by atoms with E-state index in [1.165, 1.54) is 0 Å². The highest BCUT2D eigenvalue weighted by atomic mass is 16.5. The largest absolute Gasteiger partial charge is 0.483 e. The lowest BCUT2D eigenvalue weighted by molar-refractivity contribution is -0.136. The van der Waals surface area contributed by atoms with Gasteiger partial charge in [-0.15, -0.1) is 0 Å². The molecule has 3 amide bonds. The molecule has 1 saturated heterocycles. The van der Waals surface area contributed by atoms with Crippen LogP contribution < -0.4 is 10.5 Å². The molecule has 0 aliphatic carbocycles. The standard InChI is InChI=1S/C28H32N4O4/c29-26(33)13-14-32(19-22-7-2-1-3-8-22)27(34)20-30-15-17-31(18-16-30)28(35)21-36-25-12-6-10-23-9-4-5-11-24(23)25/h1-12H,13-21H2,(H2,29,33). The summed E-state index contributed by atoms with van der Waals surface area (Å²) >= 11 is 0. The van der Waals surface area contributed by atoms with Gasteiger partial charge in [0.05, 0.1) is 6.54 Å². The van der Waals surface area contributed by atoms with E-state index in [0.717, 1.165) is 16.3 Å². The zero-order valence-electron chi connectivity index (χ0n) is 20.3. The van der Waals surface area contributed by atoms with Crippen LogP contribution in [-0.4, -0.2) is 78.3 Å². The van der Waals surface area contributed by atoms with Crippen LogP contribution in [0, 0.1) is 0 Å². The number of rotatable bonds is 10. The Bertz CT molecular complexity index is 1190. The van der Waals surface area contributed by atoms with Crippen molar-refractivity contribution in [3.63, 3.8) is 0 Å². The molecule has 188 valence electrons. The second-order valence-electron chi connectivity index (χ2n) is 8.94. The lowest BCUT2D eigenvalue weighted by atomic mass is 10.1. The van der Waals surface area contributed by atoms with Gasteiger partial charge in [0.2, 0.25) is 11.8 Å². The van der Waals surface area contributed by atoms with Gasteiger partial charge in [0, 0.05) is 51.1 Å². The van der Waals surface area contributed by atoms with Gasteiger partial charge in [-0.2, -0.15) is 0 Å². The highest BCUT2D eigenvalue weighted by molar-refractivity contribution is 5.88. The molecule has 8 heteroatoms. The Balaban J connectivity index is 1.26. The minimum absolute atomic E-state index is 0.0229. The van der Waals surface area contributed by atoms with Gasteiger partial charge < -0.3 is 20.3 Å². The Kier molecular flexibility index (Phi) is 8.52. The van der Waals surface area contributed by atoms with Crippen molar-refractivity contribution in [3.8, 4) is 5.75 Å². The Morgan fingerprint density at radius 2 is 1.56 bits per heavy atom. The molecule has 1 heterocycles. The molecular formula is C28H32N4O4. The van der Waals surface area contributed by atoms with Crippen molar-refractivity contribution in [1.29, 1.82) is 0 Å².